The van der Waals surface area contributed by atoms with Crippen molar-refractivity contribution >= 4 is 0 Å². The van der Waals surface area contributed by atoms with Crippen LogP contribution in [-0.2, 0) is 4.74 Å². The molecule has 1 fully saturated rings. The van der Waals surface area contributed by atoms with E-state index in [4.69, 9.17) is 4.74 Å². The lowest BCUT2D eigenvalue weighted by Crippen LogP contribution is -2.58. The molecule has 0 aliphatic heterocycles. The monoisotopic (exact) mass is 166 g/mol. The number of methoxy groups -OCH3 is 1. The molecule has 3 aliphatic rings. The largest absolute Gasteiger partial charge is 0.374 e. The fourth-order valence-electron chi connectivity index (χ4n) is 2.89. The van der Waals surface area contributed by atoms with E-state index in [2.05, 4.69) is 32.9 Å². The number of rotatable bonds is 1. The molecule has 0 saturated heterocycles. The van der Waals surface area contributed by atoms with Crippen LogP contribution in [-0.4, -0.2) is 12.7 Å². The van der Waals surface area contributed by atoms with E-state index in [1.807, 2.05) is 7.11 Å². The third kappa shape index (κ3) is 0.779. The topological polar surface area (TPSA) is 9.23 Å². The number of hydrogen-bond acceptors (Lipinski definition) is 1. The molecule has 1 heteroatoms. The summed E-state index contributed by atoms with van der Waals surface area (Å²) in [5, 5.41) is 0. The molecule has 0 aromatic rings. The summed E-state index contributed by atoms with van der Waals surface area (Å²) in [6, 6.07) is 0. The number of ether oxygens (including phenoxy) is 1. The Morgan fingerprint density at radius 2 is 2.00 bits per heavy atom. The molecular formula is C11H18O. The van der Waals surface area contributed by atoms with Crippen LogP contribution in [0, 0.1) is 17.3 Å². The summed E-state index contributed by atoms with van der Waals surface area (Å²) in [5.41, 5.74) is 0.456. The van der Waals surface area contributed by atoms with Gasteiger partial charge in [0.05, 0.1) is 5.60 Å². The first-order valence-electron chi connectivity index (χ1n) is 4.75. The van der Waals surface area contributed by atoms with Crippen LogP contribution in [0.15, 0.2) is 12.2 Å². The molecule has 0 heterocycles. The Kier molecular flexibility index (Phi) is 1.48. The van der Waals surface area contributed by atoms with Gasteiger partial charge in [0.1, 0.15) is 0 Å². The summed E-state index contributed by atoms with van der Waals surface area (Å²) in [6.07, 6.45) is 5.90. The third-order valence-corrected chi connectivity index (χ3v) is 4.13. The number of hydrogen-bond donors (Lipinski definition) is 0. The maximum Gasteiger partial charge on any atom is 0.0864 e. The molecular weight excluding hydrogens is 148 g/mol. The summed E-state index contributed by atoms with van der Waals surface area (Å²) in [4.78, 5) is 0. The van der Waals surface area contributed by atoms with Gasteiger partial charge in [-0.1, -0.05) is 26.0 Å². The molecule has 3 unspecified atom stereocenters. The van der Waals surface area contributed by atoms with Gasteiger partial charge >= 0.3 is 0 Å². The van der Waals surface area contributed by atoms with Crippen molar-refractivity contribution in [2.24, 2.45) is 17.3 Å². The number of allylic oxidation sites excluding steroid dienone is 1. The van der Waals surface area contributed by atoms with E-state index in [-0.39, 0.29) is 5.60 Å². The van der Waals surface area contributed by atoms with Crippen LogP contribution in [0.4, 0.5) is 0 Å². The molecule has 0 amide bonds. The molecule has 68 valence electrons. The zero-order valence-corrected chi connectivity index (χ0v) is 8.42. The molecule has 12 heavy (non-hydrogen) atoms. The average Bonchev–Trinajstić information content (AvgIpc) is 2.04. The molecule has 0 radical (unpaired) electrons. The van der Waals surface area contributed by atoms with Crippen molar-refractivity contribution in [1.82, 2.24) is 0 Å². The zero-order valence-electron chi connectivity index (χ0n) is 8.42. The maximum absolute atomic E-state index is 5.58. The van der Waals surface area contributed by atoms with Crippen molar-refractivity contribution in [2.75, 3.05) is 7.11 Å². The van der Waals surface area contributed by atoms with Gasteiger partial charge in [0.15, 0.2) is 0 Å². The van der Waals surface area contributed by atoms with Crippen LogP contribution in [0.1, 0.15) is 27.2 Å². The Morgan fingerprint density at radius 3 is 2.33 bits per heavy atom. The average molecular weight is 166 g/mol. The highest BCUT2D eigenvalue weighted by atomic mass is 16.5. The van der Waals surface area contributed by atoms with Gasteiger partial charge in [-0.05, 0) is 30.6 Å². The van der Waals surface area contributed by atoms with Crippen LogP contribution < -0.4 is 0 Å². The standard InChI is InChI=1S/C11H18O/c1-10(2)8-5-6-11(3,12-4)9(10)7-8/h5-6,8-9H,7H2,1-4H3. The van der Waals surface area contributed by atoms with Crippen LogP contribution in [0.2, 0.25) is 0 Å². The second-order valence-corrected chi connectivity index (χ2v) is 4.96. The zero-order chi connectivity index (χ0) is 8.98. The van der Waals surface area contributed by atoms with Crippen LogP contribution in [0.25, 0.3) is 0 Å². The van der Waals surface area contributed by atoms with Crippen molar-refractivity contribution < 1.29 is 4.74 Å². The van der Waals surface area contributed by atoms with E-state index in [0.717, 1.165) is 5.92 Å². The quantitative estimate of drug-likeness (QED) is 0.544. The highest BCUT2D eigenvalue weighted by molar-refractivity contribution is 5.23. The Balaban J connectivity index is 2.33. The van der Waals surface area contributed by atoms with E-state index in [1.54, 1.807) is 0 Å². The fourth-order valence-corrected chi connectivity index (χ4v) is 2.89. The highest BCUT2D eigenvalue weighted by Crippen LogP contribution is 2.60. The molecule has 0 spiro atoms. The minimum atomic E-state index is -0.00174. The first-order valence-corrected chi connectivity index (χ1v) is 4.75. The van der Waals surface area contributed by atoms with Gasteiger partial charge in [-0.3, -0.25) is 0 Å². The lowest BCUT2D eigenvalue weighted by molar-refractivity contribution is -0.138. The molecule has 3 aliphatic carbocycles. The highest BCUT2D eigenvalue weighted by Gasteiger charge is 2.57. The molecule has 0 aromatic carbocycles. The number of fused-ring (bicyclic) bond motifs is 1. The molecule has 1 nitrogen and oxygen atoms in total. The van der Waals surface area contributed by atoms with Crippen molar-refractivity contribution in [3.8, 4) is 0 Å². The molecule has 3 atom stereocenters. The lowest BCUT2D eigenvalue weighted by Gasteiger charge is -2.60. The van der Waals surface area contributed by atoms with Crippen molar-refractivity contribution in [1.29, 1.82) is 0 Å². The Bertz CT molecular complexity index is 229. The van der Waals surface area contributed by atoms with Crippen molar-refractivity contribution in [3.05, 3.63) is 12.2 Å². The van der Waals surface area contributed by atoms with Gasteiger partial charge in [0.25, 0.3) is 0 Å². The van der Waals surface area contributed by atoms with Crippen LogP contribution in [0.3, 0.4) is 0 Å². The van der Waals surface area contributed by atoms with Gasteiger partial charge < -0.3 is 4.74 Å². The summed E-state index contributed by atoms with van der Waals surface area (Å²) < 4.78 is 5.58. The predicted octanol–water partition coefficient (Wildman–Crippen LogP) is 2.62. The minimum absolute atomic E-state index is 0.00174. The van der Waals surface area contributed by atoms with Gasteiger partial charge in [-0.15, -0.1) is 0 Å². The van der Waals surface area contributed by atoms with Crippen LogP contribution in [0.5, 0.6) is 0 Å². The van der Waals surface area contributed by atoms with Gasteiger partial charge in [-0.25, -0.2) is 0 Å². The Morgan fingerprint density at radius 1 is 1.33 bits per heavy atom. The first-order chi connectivity index (χ1) is 5.50. The van der Waals surface area contributed by atoms with E-state index in [9.17, 15) is 0 Å². The Labute approximate surface area is 74.8 Å². The van der Waals surface area contributed by atoms with E-state index in [1.165, 1.54) is 6.42 Å². The first kappa shape index (κ1) is 8.31. The van der Waals surface area contributed by atoms with E-state index < -0.39 is 0 Å². The lowest BCUT2D eigenvalue weighted by atomic mass is 9.47. The van der Waals surface area contributed by atoms with Gasteiger partial charge in [-0.2, -0.15) is 0 Å². The molecule has 1 saturated carbocycles. The van der Waals surface area contributed by atoms with Crippen LogP contribution >= 0.6 is 0 Å². The van der Waals surface area contributed by atoms with Crippen molar-refractivity contribution in [2.45, 2.75) is 32.8 Å². The second kappa shape index (κ2) is 2.14. The summed E-state index contributed by atoms with van der Waals surface area (Å²) >= 11 is 0. The van der Waals surface area contributed by atoms with E-state index in [0.29, 0.717) is 11.3 Å². The molecule has 0 N–H and O–H groups in total. The smallest absolute Gasteiger partial charge is 0.0864 e. The van der Waals surface area contributed by atoms with Gasteiger partial charge in [0.2, 0.25) is 0 Å². The Hall–Kier alpha value is -0.300. The maximum atomic E-state index is 5.58. The molecule has 0 aromatic heterocycles. The second-order valence-electron chi connectivity index (χ2n) is 4.96. The predicted molar refractivity (Wildman–Crippen MR) is 49.9 cm³/mol. The SMILES string of the molecule is COC1(C)C=CC2CC1C2(C)C. The normalized spacial score (nSPS) is 48.7. The summed E-state index contributed by atoms with van der Waals surface area (Å²) in [7, 11) is 1.82. The fraction of sp³-hybridized carbons (Fsp3) is 0.818. The summed E-state index contributed by atoms with van der Waals surface area (Å²) in [5.74, 6) is 1.51. The minimum Gasteiger partial charge on any atom is -0.374 e. The molecule has 3 rings (SSSR count). The van der Waals surface area contributed by atoms with E-state index >= 15 is 0 Å². The molecule has 2 bridgehead atoms. The van der Waals surface area contributed by atoms with Gasteiger partial charge in [0, 0.05) is 7.11 Å². The summed E-state index contributed by atoms with van der Waals surface area (Å²) in [6.45, 7) is 6.91. The van der Waals surface area contributed by atoms with Crippen molar-refractivity contribution in [3.63, 3.8) is 0 Å². The third-order valence-electron chi connectivity index (χ3n) is 4.13.